The van der Waals surface area contributed by atoms with Crippen LogP contribution in [0.5, 0.6) is 0 Å². The third-order valence-corrected chi connectivity index (χ3v) is 3.72. The molecule has 96 valence electrons. The molecular formula is C12H19Br2N3. The van der Waals surface area contributed by atoms with E-state index in [1.54, 1.807) is 5.01 Å². The molecule has 0 atom stereocenters. The number of benzene rings is 1. The maximum atomic E-state index is 5.78. The molecule has 0 radical (unpaired) electrons. The van der Waals surface area contributed by atoms with E-state index in [0.29, 0.717) is 15.8 Å². The van der Waals surface area contributed by atoms with Crippen molar-refractivity contribution in [1.29, 1.82) is 0 Å². The van der Waals surface area contributed by atoms with Gasteiger partial charge in [-0.25, -0.2) is 5.84 Å². The Morgan fingerprint density at radius 3 is 2.18 bits per heavy atom. The van der Waals surface area contributed by atoms with E-state index in [1.807, 2.05) is 32.0 Å². The molecule has 0 saturated heterocycles. The normalized spacial score (nSPS) is 11.1. The van der Waals surface area contributed by atoms with Crippen LogP contribution in [0.25, 0.3) is 0 Å². The highest BCUT2D eigenvalue weighted by molar-refractivity contribution is 9.14. The highest BCUT2D eigenvalue weighted by Crippen LogP contribution is 2.15. The average Bonchev–Trinajstić information content (AvgIpc) is 2.38. The van der Waals surface area contributed by atoms with Crippen molar-refractivity contribution in [2.75, 3.05) is 6.54 Å². The SMILES string of the molecule is CC.N/C(Br)=C(/Br)N(N)CCc1ccccc1. The lowest BCUT2D eigenvalue weighted by Crippen LogP contribution is -2.31. The lowest BCUT2D eigenvalue weighted by Gasteiger charge is -2.18. The molecular weight excluding hydrogens is 346 g/mol. The molecule has 0 fully saturated rings. The third kappa shape index (κ3) is 6.71. The quantitative estimate of drug-likeness (QED) is 0.489. The highest BCUT2D eigenvalue weighted by Gasteiger charge is 2.04. The van der Waals surface area contributed by atoms with Crippen LogP contribution in [0.15, 0.2) is 39.5 Å². The minimum Gasteiger partial charge on any atom is -0.391 e. The van der Waals surface area contributed by atoms with Gasteiger partial charge in [-0.3, -0.25) is 0 Å². The van der Waals surface area contributed by atoms with Gasteiger partial charge in [-0.2, -0.15) is 0 Å². The molecule has 0 aliphatic rings. The monoisotopic (exact) mass is 363 g/mol. The van der Waals surface area contributed by atoms with E-state index in [0.717, 1.165) is 6.42 Å². The Hall–Kier alpha value is -0.520. The molecule has 0 spiro atoms. The molecule has 0 amide bonds. The number of hydrazine groups is 1. The third-order valence-electron chi connectivity index (χ3n) is 1.93. The molecule has 5 heteroatoms. The Balaban J connectivity index is 0.00000121. The topological polar surface area (TPSA) is 55.3 Å². The Labute approximate surface area is 120 Å². The van der Waals surface area contributed by atoms with Crippen molar-refractivity contribution in [3.05, 3.63) is 45.1 Å². The predicted molar refractivity (Wildman–Crippen MR) is 81.5 cm³/mol. The molecule has 0 aromatic heterocycles. The van der Waals surface area contributed by atoms with Crippen LogP contribution in [0.1, 0.15) is 19.4 Å². The van der Waals surface area contributed by atoms with Crippen molar-refractivity contribution < 1.29 is 0 Å². The second-order valence-electron chi connectivity index (χ2n) is 3.07. The molecule has 0 unspecified atom stereocenters. The number of hydrogen-bond donors (Lipinski definition) is 2. The van der Waals surface area contributed by atoms with E-state index in [-0.39, 0.29) is 0 Å². The number of halogens is 2. The maximum absolute atomic E-state index is 5.78. The first-order valence-corrected chi connectivity index (χ1v) is 7.06. The van der Waals surface area contributed by atoms with Gasteiger partial charge in [0, 0.05) is 6.54 Å². The van der Waals surface area contributed by atoms with Crippen LogP contribution >= 0.6 is 31.9 Å². The second-order valence-corrected chi connectivity index (χ2v) is 4.67. The van der Waals surface area contributed by atoms with Crippen molar-refractivity contribution in [3.63, 3.8) is 0 Å². The summed E-state index contributed by atoms with van der Waals surface area (Å²) in [5.74, 6) is 5.78. The van der Waals surface area contributed by atoms with Crippen molar-refractivity contribution in [2.24, 2.45) is 11.6 Å². The fraction of sp³-hybridized carbons (Fsp3) is 0.333. The molecule has 0 aliphatic heterocycles. The fourth-order valence-electron chi connectivity index (χ4n) is 1.13. The van der Waals surface area contributed by atoms with Crippen molar-refractivity contribution in [1.82, 2.24) is 5.01 Å². The maximum Gasteiger partial charge on any atom is 0.125 e. The lowest BCUT2D eigenvalue weighted by molar-refractivity contribution is 0.389. The van der Waals surface area contributed by atoms with Crippen LogP contribution in [0.3, 0.4) is 0 Å². The number of nitrogens with two attached hydrogens (primary N) is 2. The molecule has 0 heterocycles. The first-order chi connectivity index (χ1) is 8.11. The number of hydrogen-bond acceptors (Lipinski definition) is 3. The van der Waals surface area contributed by atoms with Crippen LogP contribution in [0, 0.1) is 0 Å². The van der Waals surface area contributed by atoms with E-state index >= 15 is 0 Å². The van der Waals surface area contributed by atoms with Gasteiger partial charge in [-0.1, -0.05) is 44.2 Å². The Bertz CT molecular complexity index is 335. The van der Waals surface area contributed by atoms with E-state index in [1.165, 1.54) is 5.56 Å². The molecule has 1 aromatic carbocycles. The van der Waals surface area contributed by atoms with E-state index in [9.17, 15) is 0 Å². The first-order valence-electron chi connectivity index (χ1n) is 5.48. The van der Waals surface area contributed by atoms with Gasteiger partial charge in [0.05, 0.1) is 0 Å². The molecule has 17 heavy (non-hydrogen) atoms. The zero-order valence-electron chi connectivity index (χ0n) is 10.2. The Kier molecular flexibility index (Phi) is 9.21. The molecule has 4 N–H and O–H groups in total. The molecule has 1 aromatic rings. The van der Waals surface area contributed by atoms with Crippen molar-refractivity contribution >= 4 is 31.9 Å². The summed E-state index contributed by atoms with van der Waals surface area (Å²) in [5.41, 5.74) is 6.78. The van der Waals surface area contributed by atoms with Gasteiger partial charge in [0.15, 0.2) is 0 Å². The van der Waals surface area contributed by atoms with Crippen molar-refractivity contribution in [3.8, 4) is 0 Å². The summed E-state index contributed by atoms with van der Waals surface area (Å²) in [6.07, 6.45) is 0.882. The lowest BCUT2D eigenvalue weighted by atomic mass is 10.1. The summed E-state index contributed by atoms with van der Waals surface area (Å²) in [4.78, 5) is 0. The minimum absolute atomic E-state index is 0.498. The summed E-state index contributed by atoms with van der Waals surface area (Å²) < 4.78 is 1.16. The number of nitrogens with zero attached hydrogens (tertiary/aromatic N) is 1. The van der Waals surface area contributed by atoms with Gasteiger partial charge in [0.1, 0.15) is 9.21 Å². The average molecular weight is 365 g/mol. The van der Waals surface area contributed by atoms with Crippen LogP contribution in [0.2, 0.25) is 0 Å². The first kappa shape index (κ1) is 16.5. The van der Waals surface area contributed by atoms with Gasteiger partial charge < -0.3 is 10.7 Å². The summed E-state index contributed by atoms with van der Waals surface area (Å²) >= 11 is 6.45. The van der Waals surface area contributed by atoms with Crippen LogP contribution in [-0.2, 0) is 6.42 Å². The smallest absolute Gasteiger partial charge is 0.125 e. The molecule has 3 nitrogen and oxygen atoms in total. The van der Waals surface area contributed by atoms with Crippen LogP contribution in [-0.4, -0.2) is 11.6 Å². The standard InChI is InChI=1S/C10H13Br2N3.C2H6/c11-9(13)10(12)15(14)7-6-8-4-2-1-3-5-8;1-2/h1-5H,6-7,13-14H2;1-2H3/b10-9-;. The summed E-state index contributed by atoms with van der Waals surface area (Å²) in [6.45, 7) is 4.71. The summed E-state index contributed by atoms with van der Waals surface area (Å²) in [7, 11) is 0. The van der Waals surface area contributed by atoms with Crippen LogP contribution < -0.4 is 11.6 Å². The zero-order valence-corrected chi connectivity index (χ0v) is 13.3. The minimum atomic E-state index is 0.498. The summed E-state index contributed by atoms with van der Waals surface area (Å²) in [6, 6.07) is 10.2. The van der Waals surface area contributed by atoms with Crippen LogP contribution in [0.4, 0.5) is 0 Å². The van der Waals surface area contributed by atoms with E-state index in [4.69, 9.17) is 11.6 Å². The predicted octanol–water partition coefficient (Wildman–Crippen LogP) is 3.31. The van der Waals surface area contributed by atoms with E-state index in [2.05, 4.69) is 44.0 Å². The largest absolute Gasteiger partial charge is 0.391 e. The zero-order chi connectivity index (χ0) is 13.3. The molecule has 0 bridgehead atoms. The highest BCUT2D eigenvalue weighted by atomic mass is 79.9. The van der Waals surface area contributed by atoms with Gasteiger partial charge in [-0.15, -0.1) is 0 Å². The summed E-state index contributed by atoms with van der Waals surface area (Å²) in [5, 5.41) is 1.57. The Morgan fingerprint density at radius 1 is 1.18 bits per heavy atom. The van der Waals surface area contributed by atoms with Gasteiger partial charge >= 0.3 is 0 Å². The van der Waals surface area contributed by atoms with Gasteiger partial charge in [0.2, 0.25) is 0 Å². The van der Waals surface area contributed by atoms with Gasteiger partial charge in [0.25, 0.3) is 0 Å². The molecule has 0 saturated carbocycles. The van der Waals surface area contributed by atoms with Crippen molar-refractivity contribution in [2.45, 2.75) is 20.3 Å². The Morgan fingerprint density at radius 2 is 1.71 bits per heavy atom. The second kappa shape index (κ2) is 9.50. The van der Waals surface area contributed by atoms with Gasteiger partial charge in [-0.05, 0) is 43.8 Å². The fourth-order valence-corrected chi connectivity index (χ4v) is 1.53. The molecule has 0 aliphatic carbocycles. The van der Waals surface area contributed by atoms with E-state index < -0.39 is 0 Å². The number of rotatable bonds is 4. The molecule has 1 rings (SSSR count).